The summed E-state index contributed by atoms with van der Waals surface area (Å²) in [6.07, 6.45) is 10.1. The van der Waals surface area contributed by atoms with Crippen LogP contribution in [0.15, 0.2) is 33.4 Å². The lowest BCUT2D eigenvalue weighted by molar-refractivity contribution is 0.811. The lowest BCUT2D eigenvalue weighted by Crippen LogP contribution is -2.05. The van der Waals surface area contributed by atoms with Gasteiger partial charge in [-0.05, 0) is 24.0 Å². The lowest BCUT2D eigenvalue weighted by atomic mass is 9.92. The Hall–Kier alpha value is -0.200. The van der Waals surface area contributed by atoms with Crippen molar-refractivity contribution in [2.75, 3.05) is 0 Å². The van der Waals surface area contributed by atoms with Crippen molar-refractivity contribution in [1.29, 1.82) is 0 Å². The van der Waals surface area contributed by atoms with E-state index in [1.54, 1.807) is 0 Å². The van der Waals surface area contributed by atoms with Crippen molar-refractivity contribution >= 4 is 23.2 Å². The maximum Gasteiger partial charge on any atom is 0.0674 e. The standard InChI is InChI=1S/C13H18Cl2/c1-3-5-7-9-11-10(8-6-4-2)12(14)13(11)15/h8-9H,3-7H2,1-2H3/b10-8-,11-9+. The van der Waals surface area contributed by atoms with Gasteiger partial charge in [0.15, 0.2) is 0 Å². The summed E-state index contributed by atoms with van der Waals surface area (Å²) in [4.78, 5) is 0. The predicted octanol–water partition coefficient (Wildman–Crippen LogP) is 5.53. The molecule has 1 rings (SSSR count). The average Bonchev–Trinajstić information content (AvgIpc) is 2.26. The predicted molar refractivity (Wildman–Crippen MR) is 69.3 cm³/mol. The molecule has 0 bridgehead atoms. The Bertz CT molecular complexity index is 308. The molecule has 84 valence electrons. The molecule has 0 amide bonds. The van der Waals surface area contributed by atoms with Gasteiger partial charge in [-0.2, -0.15) is 0 Å². The molecule has 0 unspecified atom stereocenters. The quantitative estimate of drug-likeness (QED) is 0.558. The van der Waals surface area contributed by atoms with Crippen molar-refractivity contribution in [3.63, 3.8) is 0 Å². The number of hydrogen-bond donors (Lipinski definition) is 0. The number of halogens is 2. The summed E-state index contributed by atoms with van der Waals surface area (Å²) in [5.41, 5.74) is 2.31. The van der Waals surface area contributed by atoms with Crippen LogP contribution in [0.1, 0.15) is 46.0 Å². The molecule has 15 heavy (non-hydrogen) atoms. The number of allylic oxidation sites excluding steroid dienone is 6. The van der Waals surface area contributed by atoms with E-state index in [-0.39, 0.29) is 0 Å². The second-order valence-electron chi connectivity index (χ2n) is 3.79. The molecule has 0 aromatic rings. The Morgan fingerprint density at radius 1 is 0.867 bits per heavy atom. The molecule has 0 saturated carbocycles. The lowest BCUT2D eigenvalue weighted by Gasteiger charge is -2.22. The summed E-state index contributed by atoms with van der Waals surface area (Å²) >= 11 is 12.1. The highest BCUT2D eigenvalue weighted by molar-refractivity contribution is 6.46. The van der Waals surface area contributed by atoms with Crippen molar-refractivity contribution in [2.24, 2.45) is 0 Å². The van der Waals surface area contributed by atoms with E-state index in [9.17, 15) is 0 Å². The second kappa shape index (κ2) is 6.40. The molecule has 1 aliphatic carbocycles. The van der Waals surface area contributed by atoms with Crippen molar-refractivity contribution in [3.05, 3.63) is 33.4 Å². The zero-order valence-electron chi connectivity index (χ0n) is 9.45. The largest absolute Gasteiger partial charge is 0.0820 e. The van der Waals surface area contributed by atoms with Crippen molar-refractivity contribution in [1.82, 2.24) is 0 Å². The van der Waals surface area contributed by atoms with Gasteiger partial charge in [-0.3, -0.25) is 0 Å². The molecule has 0 saturated heterocycles. The van der Waals surface area contributed by atoms with Crippen LogP contribution in [-0.4, -0.2) is 0 Å². The Kier molecular flexibility index (Phi) is 5.49. The fraction of sp³-hybridized carbons (Fsp3) is 0.538. The summed E-state index contributed by atoms with van der Waals surface area (Å²) in [5, 5.41) is 1.49. The first-order chi connectivity index (χ1) is 7.22. The summed E-state index contributed by atoms with van der Waals surface area (Å²) in [6.45, 7) is 4.35. The third-order valence-corrected chi connectivity index (χ3v) is 3.38. The van der Waals surface area contributed by atoms with Gasteiger partial charge in [-0.25, -0.2) is 0 Å². The van der Waals surface area contributed by atoms with Crippen LogP contribution in [0, 0.1) is 0 Å². The Labute approximate surface area is 103 Å². The van der Waals surface area contributed by atoms with E-state index < -0.39 is 0 Å². The Morgan fingerprint density at radius 3 is 1.87 bits per heavy atom. The normalized spacial score (nSPS) is 21.3. The maximum absolute atomic E-state index is 6.06. The van der Waals surface area contributed by atoms with Gasteiger partial charge in [0.25, 0.3) is 0 Å². The molecule has 0 nitrogen and oxygen atoms in total. The van der Waals surface area contributed by atoms with E-state index in [1.807, 2.05) is 0 Å². The van der Waals surface area contributed by atoms with Crippen molar-refractivity contribution in [3.8, 4) is 0 Å². The van der Waals surface area contributed by atoms with Gasteiger partial charge in [-0.1, -0.05) is 68.5 Å². The molecule has 0 fully saturated rings. The van der Waals surface area contributed by atoms with E-state index in [0.29, 0.717) is 0 Å². The van der Waals surface area contributed by atoms with E-state index in [0.717, 1.165) is 40.5 Å². The molecule has 1 aliphatic rings. The van der Waals surface area contributed by atoms with Gasteiger partial charge >= 0.3 is 0 Å². The highest BCUT2D eigenvalue weighted by Gasteiger charge is 2.25. The zero-order chi connectivity index (χ0) is 11.3. The van der Waals surface area contributed by atoms with E-state index >= 15 is 0 Å². The van der Waals surface area contributed by atoms with E-state index in [4.69, 9.17) is 23.2 Å². The van der Waals surface area contributed by atoms with E-state index in [2.05, 4.69) is 26.0 Å². The third kappa shape index (κ3) is 3.12. The topological polar surface area (TPSA) is 0 Å². The molecule has 0 aliphatic heterocycles. The highest BCUT2D eigenvalue weighted by atomic mass is 35.5. The van der Waals surface area contributed by atoms with Crippen molar-refractivity contribution in [2.45, 2.75) is 46.0 Å². The van der Waals surface area contributed by atoms with Gasteiger partial charge in [0.1, 0.15) is 0 Å². The number of unbranched alkanes of at least 4 members (excludes halogenated alkanes) is 3. The maximum atomic E-state index is 6.06. The van der Waals surface area contributed by atoms with Gasteiger partial charge in [0.05, 0.1) is 10.1 Å². The molecule has 0 aromatic carbocycles. The monoisotopic (exact) mass is 244 g/mol. The zero-order valence-corrected chi connectivity index (χ0v) is 11.0. The molecular formula is C13H18Cl2. The minimum Gasteiger partial charge on any atom is -0.0820 e. The number of rotatable bonds is 5. The molecule has 0 aromatic heterocycles. The molecule has 0 N–H and O–H groups in total. The molecule has 0 atom stereocenters. The molecule has 2 heteroatoms. The second-order valence-corrected chi connectivity index (χ2v) is 4.55. The van der Waals surface area contributed by atoms with Crippen LogP contribution < -0.4 is 0 Å². The SMILES string of the molecule is CCC/C=C1C(Cl)=C(Cl)C\1=C\CCCC. The van der Waals surface area contributed by atoms with Gasteiger partial charge < -0.3 is 0 Å². The third-order valence-electron chi connectivity index (χ3n) is 2.50. The highest BCUT2D eigenvalue weighted by Crippen LogP contribution is 2.45. The van der Waals surface area contributed by atoms with Crippen LogP contribution in [0.25, 0.3) is 0 Å². The van der Waals surface area contributed by atoms with Gasteiger partial charge in [0.2, 0.25) is 0 Å². The summed E-state index contributed by atoms with van der Waals surface area (Å²) in [6, 6.07) is 0. The van der Waals surface area contributed by atoms with Crippen molar-refractivity contribution < 1.29 is 0 Å². The van der Waals surface area contributed by atoms with Gasteiger partial charge in [-0.15, -0.1) is 0 Å². The Morgan fingerprint density at radius 2 is 1.40 bits per heavy atom. The summed E-state index contributed by atoms with van der Waals surface area (Å²) in [5.74, 6) is 0. The number of hydrogen-bond acceptors (Lipinski definition) is 0. The van der Waals surface area contributed by atoms with Gasteiger partial charge in [0, 0.05) is 0 Å². The smallest absolute Gasteiger partial charge is 0.0674 e. The van der Waals surface area contributed by atoms with E-state index in [1.165, 1.54) is 12.8 Å². The molecule has 0 spiro atoms. The van der Waals surface area contributed by atoms with Crippen LogP contribution in [0.2, 0.25) is 0 Å². The minimum absolute atomic E-state index is 0.743. The van der Waals surface area contributed by atoms with Crippen LogP contribution in [0.4, 0.5) is 0 Å². The fourth-order valence-corrected chi connectivity index (χ4v) is 2.11. The first kappa shape index (κ1) is 12.9. The van der Waals surface area contributed by atoms with Crippen LogP contribution >= 0.6 is 23.2 Å². The first-order valence-electron chi connectivity index (χ1n) is 5.69. The molecule has 0 radical (unpaired) electrons. The minimum atomic E-state index is 0.743. The van der Waals surface area contributed by atoms with Crippen LogP contribution in [0.5, 0.6) is 0 Å². The molecule has 0 heterocycles. The summed E-state index contributed by atoms with van der Waals surface area (Å²) in [7, 11) is 0. The van der Waals surface area contributed by atoms with Crippen LogP contribution in [-0.2, 0) is 0 Å². The average molecular weight is 245 g/mol. The Balaban J connectivity index is 2.69. The molecular weight excluding hydrogens is 227 g/mol. The fourth-order valence-electron chi connectivity index (χ4n) is 1.55. The van der Waals surface area contributed by atoms with Crippen LogP contribution in [0.3, 0.4) is 0 Å². The first-order valence-corrected chi connectivity index (χ1v) is 6.44. The summed E-state index contributed by atoms with van der Waals surface area (Å²) < 4.78 is 0.